The third-order valence-corrected chi connectivity index (χ3v) is 8.22. The van der Waals surface area contributed by atoms with Crippen molar-refractivity contribution in [2.45, 2.75) is 58.2 Å². The Morgan fingerprint density at radius 2 is 1.97 bits per heavy atom. The topological polar surface area (TPSA) is 72.5 Å². The molecule has 36 heavy (non-hydrogen) atoms. The zero-order chi connectivity index (χ0) is 25.1. The van der Waals surface area contributed by atoms with Crippen molar-refractivity contribution in [2.24, 2.45) is 0 Å². The van der Waals surface area contributed by atoms with E-state index < -0.39 is 6.09 Å². The molecule has 1 aromatic carbocycles. The second-order valence-electron chi connectivity index (χ2n) is 9.23. The lowest BCUT2D eigenvalue weighted by molar-refractivity contribution is 0.131. The van der Waals surface area contributed by atoms with Gasteiger partial charge in [0.15, 0.2) is 5.76 Å². The van der Waals surface area contributed by atoms with Gasteiger partial charge in [-0.3, -0.25) is 0 Å². The quantitative estimate of drug-likeness (QED) is 0.273. The van der Waals surface area contributed by atoms with Gasteiger partial charge in [-0.1, -0.05) is 48.8 Å². The fraction of sp³-hybridized carbons (Fsp3) is 0.407. The minimum Gasteiger partial charge on any atom is -0.393 e. The van der Waals surface area contributed by atoms with Crippen LogP contribution < -0.4 is 10.1 Å². The Bertz CT molecular complexity index is 1320. The van der Waals surface area contributed by atoms with Gasteiger partial charge in [0.05, 0.1) is 21.3 Å². The average Bonchev–Trinajstić information content (AvgIpc) is 3.60. The number of piperidine rings is 1. The average molecular weight is 527 g/mol. The summed E-state index contributed by atoms with van der Waals surface area (Å²) < 4.78 is 14.0. The number of aromatic nitrogens is 2. The second-order valence-corrected chi connectivity index (χ2v) is 10.9. The van der Waals surface area contributed by atoms with Crippen LogP contribution in [0.15, 0.2) is 53.1 Å². The first-order chi connectivity index (χ1) is 17.5. The van der Waals surface area contributed by atoms with Crippen molar-refractivity contribution in [1.82, 2.24) is 19.9 Å². The standard InChI is InChI=1S/C27H31ClN4O3S/c1-3-21(4-2)31-13-11-19(12-14-31)29-27(33)34-26-15-18-7-5-6-8-22(18)32(26)17-20-16-23(35-30-20)24-9-10-25(28)36-24/h5-10,15-16,19,21H,3-4,11-14,17H2,1-2H3,(H,29,33). The molecule has 9 heteroatoms. The number of fused-ring (bicyclic) bond motifs is 1. The lowest BCUT2D eigenvalue weighted by Crippen LogP contribution is -2.48. The predicted octanol–water partition coefficient (Wildman–Crippen LogP) is 6.80. The van der Waals surface area contributed by atoms with E-state index in [4.69, 9.17) is 20.9 Å². The maximum atomic E-state index is 12.9. The van der Waals surface area contributed by atoms with Crippen LogP contribution in [0.4, 0.5) is 4.79 Å². The van der Waals surface area contributed by atoms with E-state index in [0.717, 1.165) is 60.2 Å². The lowest BCUT2D eigenvalue weighted by Gasteiger charge is -2.37. The van der Waals surface area contributed by atoms with Gasteiger partial charge in [0.2, 0.25) is 5.88 Å². The van der Waals surface area contributed by atoms with Gasteiger partial charge in [-0.2, -0.15) is 0 Å². The number of benzene rings is 1. The van der Waals surface area contributed by atoms with Gasteiger partial charge in [0.25, 0.3) is 0 Å². The molecule has 0 bridgehead atoms. The van der Waals surface area contributed by atoms with Crippen LogP contribution in [-0.4, -0.2) is 45.9 Å². The molecule has 190 valence electrons. The number of thiophene rings is 1. The Balaban J connectivity index is 1.28. The highest BCUT2D eigenvalue weighted by molar-refractivity contribution is 7.19. The van der Waals surface area contributed by atoms with E-state index in [1.165, 1.54) is 11.3 Å². The Labute approximate surface area is 220 Å². The number of amides is 1. The first kappa shape index (κ1) is 24.9. The number of carbonyl (C=O) groups excluding carboxylic acids is 1. The van der Waals surface area contributed by atoms with E-state index >= 15 is 0 Å². The highest BCUT2D eigenvalue weighted by Gasteiger charge is 2.25. The van der Waals surface area contributed by atoms with Crippen molar-refractivity contribution in [2.75, 3.05) is 13.1 Å². The number of hydrogen-bond acceptors (Lipinski definition) is 6. The highest BCUT2D eigenvalue weighted by atomic mass is 35.5. The first-order valence-electron chi connectivity index (χ1n) is 12.6. The van der Waals surface area contributed by atoms with Crippen LogP contribution >= 0.6 is 22.9 Å². The summed E-state index contributed by atoms with van der Waals surface area (Å²) in [5, 5.41) is 8.31. The monoisotopic (exact) mass is 526 g/mol. The minimum atomic E-state index is -0.422. The largest absolute Gasteiger partial charge is 0.414 e. The molecular weight excluding hydrogens is 496 g/mol. The van der Waals surface area contributed by atoms with Gasteiger partial charge < -0.3 is 24.0 Å². The van der Waals surface area contributed by atoms with Crippen molar-refractivity contribution in [3.05, 3.63) is 58.6 Å². The number of nitrogens with zero attached hydrogens (tertiary/aromatic N) is 3. The van der Waals surface area contributed by atoms with E-state index in [1.807, 2.05) is 53.1 Å². The normalized spacial score (nSPS) is 15.1. The van der Waals surface area contributed by atoms with Crippen LogP contribution in [0.3, 0.4) is 0 Å². The fourth-order valence-electron chi connectivity index (χ4n) is 5.05. The smallest absolute Gasteiger partial charge is 0.393 e. The minimum absolute atomic E-state index is 0.122. The molecule has 1 amide bonds. The molecule has 7 nitrogen and oxygen atoms in total. The van der Waals surface area contributed by atoms with Gasteiger partial charge in [-0.25, -0.2) is 4.79 Å². The molecule has 4 aromatic rings. The second kappa shape index (κ2) is 11.1. The molecule has 3 aromatic heterocycles. The van der Waals surface area contributed by atoms with Crippen LogP contribution in [0.5, 0.6) is 5.88 Å². The number of halogens is 1. The van der Waals surface area contributed by atoms with E-state index in [1.54, 1.807) is 0 Å². The van der Waals surface area contributed by atoms with Gasteiger partial charge in [0.1, 0.15) is 5.69 Å². The number of hydrogen-bond donors (Lipinski definition) is 1. The van der Waals surface area contributed by atoms with Crippen LogP contribution in [0.25, 0.3) is 21.5 Å². The summed E-state index contributed by atoms with van der Waals surface area (Å²) in [5.74, 6) is 1.14. The number of carbonyl (C=O) groups is 1. The van der Waals surface area contributed by atoms with E-state index in [-0.39, 0.29) is 6.04 Å². The highest BCUT2D eigenvalue weighted by Crippen LogP contribution is 2.32. The third kappa shape index (κ3) is 5.45. The molecule has 1 saturated heterocycles. The van der Waals surface area contributed by atoms with Crippen molar-refractivity contribution in [3.8, 4) is 16.5 Å². The number of nitrogens with one attached hydrogen (secondary N) is 1. The first-order valence-corrected chi connectivity index (χ1v) is 13.8. The Morgan fingerprint density at radius 3 is 2.69 bits per heavy atom. The zero-order valence-electron chi connectivity index (χ0n) is 20.6. The predicted molar refractivity (Wildman–Crippen MR) is 144 cm³/mol. The Hall–Kier alpha value is -2.81. The molecule has 1 N–H and O–H groups in total. The molecule has 0 saturated carbocycles. The summed E-state index contributed by atoms with van der Waals surface area (Å²) in [6.45, 7) is 6.90. The molecule has 0 spiro atoms. The Kier molecular flexibility index (Phi) is 7.65. The van der Waals surface area contributed by atoms with Gasteiger partial charge in [-0.05, 0) is 43.9 Å². The van der Waals surface area contributed by atoms with Gasteiger partial charge >= 0.3 is 6.09 Å². The number of para-hydroxylation sites is 1. The summed E-state index contributed by atoms with van der Waals surface area (Å²) in [6, 6.07) is 16.2. The van der Waals surface area contributed by atoms with Crippen molar-refractivity contribution in [3.63, 3.8) is 0 Å². The van der Waals surface area contributed by atoms with Crippen LogP contribution in [0.2, 0.25) is 4.34 Å². The number of rotatable bonds is 8. The van der Waals surface area contributed by atoms with Crippen molar-refractivity contribution in [1.29, 1.82) is 0 Å². The number of ether oxygens (including phenoxy) is 1. The molecule has 0 atom stereocenters. The van der Waals surface area contributed by atoms with E-state index in [2.05, 4.69) is 29.2 Å². The summed E-state index contributed by atoms with van der Waals surface area (Å²) in [4.78, 5) is 16.3. The summed E-state index contributed by atoms with van der Waals surface area (Å²) in [5.41, 5.74) is 1.69. The molecule has 0 unspecified atom stereocenters. The molecule has 1 fully saturated rings. The summed E-state index contributed by atoms with van der Waals surface area (Å²) >= 11 is 7.51. The van der Waals surface area contributed by atoms with Crippen LogP contribution in [0.1, 0.15) is 45.2 Å². The molecule has 1 aliphatic heterocycles. The summed E-state index contributed by atoms with van der Waals surface area (Å²) in [6.07, 6.45) is 3.77. The SMILES string of the molecule is CCC(CC)N1CCC(NC(=O)Oc2cc3ccccc3n2Cc2cc(-c3ccc(Cl)s3)on2)CC1. The third-order valence-electron chi connectivity index (χ3n) is 6.98. The zero-order valence-corrected chi connectivity index (χ0v) is 22.1. The molecular formula is C27H31ClN4O3S. The maximum Gasteiger partial charge on any atom is 0.414 e. The molecule has 1 aliphatic rings. The van der Waals surface area contributed by atoms with Crippen molar-refractivity contribution < 1.29 is 14.1 Å². The number of likely N-dealkylation sites (tertiary alicyclic amines) is 1. The van der Waals surface area contributed by atoms with Crippen LogP contribution in [-0.2, 0) is 6.54 Å². The van der Waals surface area contributed by atoms with Crippen molar-refractivity contribution >= 4 is 39.9 Å². The molecule has 4 heterocycles. The molecule has 0 radical (unpaired) electrons. The Morgan fingerprint density at radius 1 is 1.19 bits per heavy atom. The molecule has 0 aliphatic carbocycles. The van der Waals surface area contributed by atoms with Crippen LogP contribution in [0, 0.1) is 0 Å². The lowest BCUT2D eigenvalue weighted by atomic mass is 10.0. The maximum absolute atomic E-state index is 12.9. The molecule has 5 rings (SSSR count). The fourth-order valence-corrected chi connectivity index (χ4v) is 6.04. The van der Waals surface area contributed by atoms with E-state index in [0.29, 0.717) is 28.6 Å². The van der Waals surface area contributed by atoms with E-state index in [9.17, 15) is 4.79 Å². The van der Waals surface area contributed by atoms with Gasteiger partial charge in [-0.15, -0.1) is 11.3 Å². The van der Waals surface area contributed by atoms with Gasteiger partial charge in [0, 0.05) is 42.7 Å². The summed E-state index contributed by atoms with van der Waals surface area (Å²) in [7, 11) is 0.